The van der Waals surface area contributed by atoms with Crippen LogP contribution < -0.4 is 10.2 Å². The van der Waals surface area contributed by atoms with E-state index >= 15 is 0 Å². The van der Waals surface area contributed by atoms with Crippen LogP contribution in [-0.2, 0) is 6.42 Å². The maximum Gasteiger partial charge on any atom is 0.0399 e. The SMILES string of the molecule is CCNCCCCN1CCc2ccccc21. The molecule has 0 radical (unpaired) electrons. The van der Waals surface area contributed by atoms with Crippen LogP contribution in [0.15, 0.2) is 24.3 Å². The third kappa shape index (κ3) is 2.76. The summed E-state index contributed by atoms with van der Waals surface area (Å²) >= 11 is 0. The Morgan fingerprint density at radius 1 is 1.25 bits per heavy atom. The standard InChI is InChI=1S/C14H22N2/c1-2-15-10-5-6-11-16-12-9-13-7-3-4-8-14(13)16/h3-4,7-8,15H,2,5-6,9-12H2,1H3. The lowest BCUT2D eigenvalue weighted by atomic mass is 10.2. The summed E-state index contributed by atoms with van der Waals surface area (Å²) in [7, 11) is 0. The topological polar surface area (TPSA) is 15.3 Å². The molecule has 1 aliphatic heterocycles. The molecule has 2 nitrogen and oxygen atoms in total. The number of para-hydroxylation sites is 1. The predicted octanol–water partition coefficient (Wildman–Crippen LogP) is 2.44. The largest absolute Gasteiger partial charge is 0.371 e. The van der Waals surface area contributed by atoms with Crippen molar-refractivity contribution in [2.75, 3.05) is 31.1 Å². The van der Waals surface area contributed by atoms with Crippen LogP contribution in [0, 0.1) is 0 Å². The van der Waals surface area contributed by atoms with Gasteiger partial charge in [-0.2, -0.15) is 0 Å². The Morgan fingerprint density at radius 3 is 3.00 bits per heavy atom. The molecule has 0 aliphatic carbocycles. The molecule has 1 heterocycles. The number of hydrogen-bond acceptors (Lipinski definition) is 2. The van der Waals surface area contributed by atoms with Crippen molar-refractivity contribution in [1.29, 1.82) is 0 Å². The first-order valence-corrected chi connectivity index (χ1v) is 6.45. The molecule has 16 heavy (non-hydrogen) atoms. The fourth-order valence-corrected chi connectivity index (χ4v) is 2.37. The minimum absolute atomic E-state index is 1.09. The van der Waals surface area contributed by atoms with Crippen LogP contribution in [0.3, 0.4) is 0 Å². The summed E-state index contributed by atoms with van der Waals surface area (Å²) in [5.41, 5.74) is 2.99. The molecule has 88 valence electrons. The molecule has 1 aromatic carbocycles. The highest BCUT2D eigenvalue weighted by atomic mass is 15.1. The minimum atomic E-state index is 1.09. The van der Waals surface area contributed by atoms with E-state index in [1.54, 1.807) is 0 Å². The van der Waals surface area contributed by atoms with Gasteiger partial charge in [-0.1, -0.05) is 25.1 Å². The van der Waals surface area contributed by atoms with Crippen molar-refractivity contribution in [3.63, 3.8) is 0 Å². The molecule has 0 bridgehead atoms. The molecule has 0 unspecified atom stereocenters. The molecule has 0 saturated carbocycles. The number of anilines is 1. The Bertz CT molecular complexity index is 322. The van der Waals surface area contributed by atoms with Gasteiger partial charge in [0.05, 0.1) is 0 Å². The number of nitrogens with one attached hydrogen (secondary N) is 1. The van der Waals surface area contributed by atoms with E-state index in [0.29, 0.717) is 0 Å². The van der Waals surface area contributed by atoms with Gasteiger partial charge < -0.3 is 10.2 Å². The van der Waals surface area contributed by atoms with Crippen LogP contribution in [0.2, 0.25) is 0 Å². The maximum atomic E-state index is 3.37. The molecule has 0 aromatic heterocycles. The smallest absolute Gasteiger partial charge is 0.0399 e. The Balaban J connectivity index is 1.76. The van der Waals surface area contributed by atoms with Crippen LogP contribution in [0.4, 0.5) is 5.69 Å². The number of unbranched alkanes of at least 4 members (excludes halogenated alkanes) is 1. The molecular formula is C14H22N2. The zero-order valence-corrected chi connectivity index (χ0v) is 10.2. The third-order valence-electron chi connectivity index (χ3n) is 3.26. The van der Waals surface area contributed by atoms with E-state index in [-0.39, 0.29) is 0 Å². The lowest BCUT2D eigenvalue weighted by Gasteiger charge is -2.19. The lowest BCUT2D eigenvalue weighted by molar-refractivity contribution is 0.631. The first kappa shape index (κ1) is 11.5. The summed E-state index contributed by atoms with van der Waals surface area (Å²) in [4.78, 5) is 2.53. The second kappa shape index (κ2) is 5.90. The van der Waals surface area contributed by atoms with E-state index < -0.39 is 0 Å². The number of hydrogen-bond donors (Lipinski definition) is 1. The second-order valence-electron chi connectivity index (χ2n) is 4.43. The Morgan fingerprint density at radius 2 is 2.12 bits per heavy atom. The first-order valence-electron chi connectivity index (χ1n) is 6.45. The molecule has 0 amide bonds. The van der Waals surface area contributed by atoms with Gasteiger partial charge in [-0.3, -0.25) is 0 Å². The first-order chi connectivity index (χ1) is 7.92. The quantitative estimate of drug-likeness (QED) is 0.738. The predicted molar refractivity (Wildman–Crippen MR) is 70.1 cm³/mol. The van der Waals surface area contributed by atoms with Gasteiger partial charge in [0.25, 0.3) is 0 Å². The van der Waals surface area contributed by atoms with Crippen molar-refractivity contribution < 1.29 is 0 Å². The summed E-state index contributed by atoms with van der Waals surface area (Å²) in [6, 6.07) is 8.81. The lowest BCUT2D eigenvalue weighted by Crippen LogP contribution is -2.23. The van der Waals surface area contributed by atoms with Crippen LogP contribution >= 0.6 is 0 Å². The summed E-state index contributed by atoms with van der Waals surface area (Å²) in [6.45, 7) is 6.83. The molecule has 1 aliphatic rings. The van der Waals surface area contributed by atoms with Gasteiger partial charge in [-0.15, -0.1) is 0 Å². The zero-order valence-electron chi connectivity index (χ0n) is 10.2. The average molecular weight is 218 g/mol. The van der Waals surface area contributed by atoms with Crippen molar-refractivity contribution in [2.24, 2.45) is 0 Å². The van der Waals surface area contributed by atoms with Crippen LogP contribution in [-0.4, -0.2) is 26.2 Å². The highest BCUT2D eigenvalue weighted by Gasteiger charge is 2.16. The summed E-state index contributed by atoms with van der Waals surface area (Å²) in [5, 5.41) is 3.37. The van der Waals surface area contributed by atoms with E-state index in [9.17, 15) is 0 Å². The maximum absolute atomic E-state index is 3.37. The van der Waals surface area contributed by atoms with Crippen LogP contribution in [0.1, 0.15) is 25.3 Å². The van der Waals surface area contributed by atoms with Crippen molar-refractivity contribution in [1.82, 2.24) is 5.32 Å². The third-order valence-corrected chi connectivity index (χ3v) is 3.26. The highest BCUT2D eigenvalue weighted by molar-refractivity contribution is 5.57. The van der Waals surface area contributed by atoms with Gasteiger partial charge in [0, 0.05) is 18.8 Å². The normalized spacial score (nSPS) is 14.2. The minimum Gasteiger partial charge on any atom is -0.371 e. The molecule has 1 aromatic rings. The van der Waals surface area contributed by atoms with Gasteiger partial charge in [-0.05, 0) is 44.0 Å². The van der Waals surface area contributed by atoms with Crippen LogP contribution in [0.5, 0.6) is 0 Å². The van der Waals surface area contributed by atoms with Crippen molar-refractivity contribution in [3.05, 3.63) is 29.8 Å². The highest BCUT2D eigenvalue weighted by Crippen LogP contribution is 2.27. The van der Waals surface area contributed by atoms with E-state index in [0.717, 1.165) is 13.1 Å². The molecule has 0 atom stereocenters. The number of benzene rings is 1. The zero-order chi connectivity index (χ0) is 11.2. The average Bonchev–Trinajstić information content (AvgIpc) is 2.73. The number of nitrogens with zero attached hydrogens (tertiary/aromatic N) is 1. The summed E-state index contributed by atoms with van der Waals surface area (Å²) in [6.07, 6.45) is 3.80. The van der Waals surface area contributed by atoms with Gasteiger partial charge >= 0.3 is 0 Å². The van der Waals surface area contributed by atoms with E-state index in [1.807, 2.05) is 0 Å². The van der Waals surface area contributed by atoms with Gasteiger partial charge in [0.1, 0.15) is 0 Å². The Labute approximate surface area is 98.7 Å². The fourth-order valence-electron chi connectivity index (χ4n) is 2.37. The van der Waals surface area contributed by atoms with Gasteiger partial charge in [-0.25, -0.2) is 0 Å². The Kier molecular flexibility index (Phi) is 4.23. The van der Waals surface area contributed by atoms with Gasteiger partial charge in [0.2, 0.25) is 0 Å². The molecule has 0 spiro atoms. The molecule has 2 rings (SSSR count). The Hall–Kier alpha value is -1.02. The molecule has 0 saturated heterocycles. The molecule has 1 N–H and O–H groups in total. The molecule has 0 fully saturated rings. The van der Waals surface area contributed by atoms with E-state index in [1.165, 1.54) is 43.6 Å². The number of rotatable bonds is 6. The molecular weight excluding hydrogens is 196 g/mol. The second-order valence-corrected chi connectivity index (χ2v) is 4.43. The summed E-state index contributed by atoms with van der Waals surface area (Å²) < 4.78 is 0. The van der Waals surface area contributed by atoms with Crippen molar-refractivity contribution in [3.8, 4) is 0 Å². The fraction of sp³-hybridized carbons (Fsp3) is 0.571. The number of fused-ring (bicyclic) bond motifs is 1. The van der Waals surface area contributed by atoms with E-state index in [2.05, 4.69) is 41.4 Å². The molecule has 2 heteroatoms. The monoisotopic (exact) mass is 218 g/mol. The summed E-state index contributed by atoms with van der Waals surface area (Å²) in [5.74, 6) is 0. The van der Waals surface area contributed by atoms with Crippen LogP contribution in [0.25, 0.3) is 0 Å². The van der Waals surface area contributed by atoms with Crippen molar-refractivity contribution in [2.45, 2.75) is 26.2 Å². The van der Waals surface area contributed by atoms with Gasteiger partial charge in [0.15, 0.2) is 0 Å². The van der Waals surface area contributed by atoms with Crippen molar-refractivity contribution >= 4 is 5.69 Å². The van der Waals surface area contributed by atoms with E-state index in [4.69, 9.17) is 0 Å².